The first-order valence-corrected chi connectivity index (χ1v) is 11.9. The number of rotatable bonds is 5. The number of hydrogen-bond acceptors (Lipinski definition) is 6. The van der Waals surface area contributed by atoms with Gasteiger partial charge in [0, 0.05) is 23.9 Å². The monoisotopic (exact) mass is 458 g/mol. The number of halogens is 2. The molecule has 2 saturated heterocycles. The van der Waals surface area contributed by atoms with Gasteiger partial charge in [-0.05, 0) is 55.1 Å². The molecular weight excluding hydrogens is 434 g/mol. The first-order valence-electron chi connectivity index (χ1n) is 10.6. The van der Waals surface area contributed by atoms with Crippen molar-refractivity contribution in [3.8, 4) is 0 Å². The van der Waals surface area contributed by atoms with Crippen LogP contribution < -0.4 is 15.5 Å². The largest absolute Gasteiger partial charge is 0.347 e. The van der Waals surface area contributed by atoms with E-state index in [-0.39, 0.29) is 36.8 Å². The standard InChI is InChI=1S/C22H24F2N6OS/c1-32-19-3-2-13(23)8-16(19)17-9-14(24)12-29(17)21-5-4-20-26-11-18(30(20)28-21)22(31)27-15-6-7-25-10-15/h2-5,8,11,14-15,17,25H,6-7,9-10,12H2,1H3,(H,27,31)/t14-,15?,17+/m0/s1. The molecule has 1 aromatic carbocycles. The lowest BCUT2D eigenvalue weighted by Gasteiger charge is -2.27. The molecule has 0 bridgehead atoms. The number of carbonyl (C=O) groups excluding carboxylic acids is 1. The molecule has 7 nitrogen and oxygen atoms in total. The third-order valence-corrected chi connectivity index (χ3v) is 6.88. The van der Waals surface area contributed by atoms with Crippen molar-refractivity contribution in [3.05, 3.63) is 53.6 Å². The fourth-order valence-corrected chi connectivity index (χ4v) is 5.14. The highest BCUT2D eigenvalue weighted by atomic mass is 32.2. The smallest absolute Gasteiger partial charge is 0.271 e. The van der Waals surface area contributed by atoms with Gasteiger partial charge in [0.25, 0.3) is 5.91 Å². The van der Waals surface area contributed by atoms with Gasteiger partial charge in [-0.25, -0.2) is 18.3 Å². The second kappa shape index (κ2) is 8.67. The minimum atomic E-state index is -1.06. The van der Waals surface area contributed by atoms with E-state index in [4.69, 9.17) is 0 Å². The highest BCUT2D eigenvalue weighted by Gasteiger charge is 2.36. The maximum absolute atomic E-state index is 14.6. The number of alkyl halides is 1. The summed E-state index contributed by atoms with van der Waals surface area (Å²) in [4.78, 5) is 19.9. The predicted octanol–water partition coefficient (Wildman–Crippen LogP) is 2.97. The van der Waals surface area contributed by atoms with Crippen LogP contribution in [-0.4, -0.2) is 58.6 Å². The van der Waals surface area contributed by atoms with Crippen molar-refractivity contribution < 1.29 is 13.6 Å². The van der Waals surface area contributed by atoms with E-state index in [1.54, 1.807) is 18.2 Å². The number of fused-ring (bicyclic) bond motifs is 1. The molecular formula is C22H24F2N6OS. The fraction of sp³-hybridized carbons (Fsp3) is 0.409. The molecule has 1 amide bonds. The Bertz CT molecular complexity index is 1150. The van der Waals surface area contributed by atoms with E-state index in [0.717, 1.165) is 30.0 Å². The van der Waals surface area contributed by atoms with E-state index in [1.165, 1.54) is 34.6 Å². The number of imidazole rings is 1. The maximum Gasteiger partial charge on any atom is 0.271 e. The van der Waals surface area contributed by atoms with Gasteiger partial charge in [-0.15, -0.1) is 16.9 Å². The minimum absolute atomic E-state index is 0.0735. The van der Waals surface area contributed by atoms with E-state index in [0.29, 0.717) is 17.2 Å². The number of nitrogens with one attached hydrogen (secondary N) is 2. The van der Waals surface area contributed by atoms with Crippen LogP contribution in [0.1, 0.15) is 34.9 Å². The molecule has 0 radical (unpaired) electrons. The van der Waals surface area contributed by atoms with E-state index < -0.39 is 6.17 Å². The van der Waals surface area contributed by atoms with E-state index >= 15 is 0 Å². The van der Waals surface area contributed by atoms with Gasteiger partial charge >= 0.3 is 0 Å². The van der Waals surface area contributed by atoms with Crippen LogP contribution in [0.4, 0.5) is 14.6 Å². The number of benzene rings is 1. The summed E-state index contributed by atoms with van der Waals surface area (Å²) in [5, 5.41) is 10.9. The molecule has 2 N–H and O–H groups in total. The predicted molar refractivity (Wildman–Crippen MR) is 120 cm³/mol. The van der Waals surface area contributed by atoms with Gasteiger partial charge in [0.05, 0.1) is 18.8 Å². The molecule has 3 atom stereocenters. The molecule has 2 aromatic heterocycles. The van der Waals surface area contributed by atoms with E-state index in [2.05, 4.69) is 20.7 Å². The Morgan fingerprint density at radius 1 is 1.31 bits per heavy atom. The van der Waals surface area contributed by atoms with Crippen molar-refractivity contribution in [2.45, 2.75) is 36.0 Å². The van der Waals surface area contributed by atoms with Crippen LogP contribution in [0.25, 0.3) is 5.65 Å². The maximum atomic E-state index is 14.6. The molecule has 5 rings (SSSR count). The van der Waals surface area contributed by atoms with Gasteiger partial charge in [0.1, 0.15) is 17.8 Å². The highest BCUT2D eigenvalue weighted by molar-refractivity contribution is 7.98. The number of thioether (sulfide) groups is 1. The highest BCUT2D eigenvalue weighted by Crippen LogP contribution is 2.40. The number of aromatic nitrogens is 3. The molecule has 2 aliphatic heterocycles. The van der Waals surface area contributed by atoms with Gasteiger partial charge < -0.3 is 15.5 Å². The zero-order valence-corrected chi connectivity index (χ0v) is 18.4. The summed E-state index contributed by atoms with van der Waals surface area (Å²) >= 11 is 1.51. The second-order valence-electron chi connectivity index (χ2n) is 8.16. The van der Waals surface area contributed by atoms with Crippen molar-refractivity contribution >= 4 is 29.1 Å². The van der Waals surface area contributed by atoms with Crippen molar-refractivity contribution in [2.24, 2.45) is 0 Å². The number of amides is 1. The Morgan fingerprint density at radius 3 is 2.97 bits per heavy atom. The first kappa shape index (κ1) is 21.1. The van der Waals surface area contributed by atoms with Crippen LogP contribution in [-0.2, 0) is 0 Å². The van der Waals surface area contributed by atoms with Crippen molar-refractivity contribution in [1.82, 2.24) is 25.2 Å². The zero-order chi connectivity index (χ0) is 22.2. The first-order chi connectivity index (χ1) is 15.5. The Balaban J connectivity index is 1.49. The van der Waals surface area contributed by atoms with Crippen LogP contribution in [0, 0.1) is 5.82 Å². The number of nitrogens with zero attached hydrogens (tertiary/aromatic N) is 4. The lowest BCUT2D eigenvalue weighted by Crippen LogP contribution is -2.37. The summed E-state index contributed by atoms with van der Waals surface area (Å²) in [5.74, 6) is -0.0704. The Labute approximate surface area is 188 Å². The molecule has 1 unspecified atom stereocenters. The molecule has 32 heavy (non-hydrogen) atoms. The summed E-state index contributed by atoms with van der Waals surface area (Å²) in [5.41, 5.74) is 1.61. The number of hydrogen-bond donors (Lipinski definition) is 2. The van der Waals surface area contributed by atoms with Crippen molar-refractivity contribution in [3.63, 3.8) is 0 Å². The molecule has 2 fully saturated rings. The second-order valence-corrected chi connectivity index (χ2v) is 9.00. The van der Waals surface area contributed by atoms with Gasteiger partial charge in [0.2, 0.25) is 0 Å². The summed E-state index contributed by atoms with van der Waals surface area (Å²) in [6, 6.07) is 7.89. The molecule has 168 valence electrons. The van der Waals surface area contributed by atoms with Gasteiger partial charge in [0.15, 0.2) is 11.3 Å². The molecule has 3 aromatic rings. The van der Waals surface area contributed by atoms with Gasteiger partial charge in [-0.2, -0.15) is 0 Å². The van der Waals surface area contributed by atoms with Crippen LogP contribution in [0.15, 0.2) is 41.4 Å². The molecule has 0 saturated carbocycles. The summed E-state index contributed by atoms with van der Waals surface area (Å²) in [6.45, 7) is 1.76. The Hall–Kier alpha value is -2.72. The number of anilines is 1. The SMILES string of the molecule is CSc1ccc(F)cc1[C@H]1C[C@H](F)CN1c1ccc2ncc(C(=O)NC3CCNC3)n2n1. The summed E-state index contributed by atoms with van der Waals surface area (Å²) in [7, 11) is 0. The molecule has 4 heterocycles. The average Bonchev–Trinajstić information content (AvgIpc) is 3.52. The minimum Gasteiger partial charge on any atom is -0.347 e. The third kappa shape index (κ3) is 3.93. The molecule has 0 spiro atoms. The van der Waals surface area contributed by atoms with Crippen molar-refractivity contribution in [2.75, 3.05) is 30.8 Å². The van der Waals surface area contributed by atoms with Crippen LogP contribution in [0.2, 0.25) is 0 Å². The summed E-state index contributed by atoms with van der Waals surface area (Å²) < 4.78 is 30.1. The van der Waals surface area contributed by atoms with Crippen LogP contribution in [0.3, 0.4) is 0 Å². The number of carbonyl (C=O) groups is 1. The molecule has 0 aliphatic carbocycles. The van der Waals surface area contributed by atoms with Crippen LogP contribution in [0.5, 0.6) is 0 Å². The molecule has 10 heteroatoms. The van der Waals surface area contributed by atoms with Crippen molar-refractivity contribution in [1.29, 1.82) is 0 Å². The average molecular weight is 459 g/mol. The van der Waals surface area contributed by atoms with Crippen LogP contribution >= 0.6 is 11.8 Å². The van der Waals surface area contributed by atoms with Gasteiger partial charge in [-0.3, -0.25) is 4.79 Å². The Morgan fingerprint density at radius 2 is 2.19 bits per heavy atom. The zero-order valence-electron chi connectivity index (χ0n) is 17.6. The topological polar surface area (TPSA) is 74.6 Å². The Kier molecular flexibility index (Phi) is 5.73. The third-order valence-electron chi connectivity index (χ3n) is 6.07. The normalized spacial score (nSPS) is 23.2. The lowest BCUT2D eigenvalue weighted by atomic mass is 10.0. The van der Waals surface area contributed by atoms with Gasteiger partial charge in [-0.1, -0.05) is 0 Å². The lowest BCUT2D eigenvalue weighted by molar-refractivity contribution is 0.0933. The molecule has 2 aliphatic rings. The van der Waals surface area contributed by atoms with E-state index in [1.807, 2.05) is 11.2 Å². The quantitative estimate of drug-likeness (QED) is 0.573. The fourth-order valence-electron chi connectivity index (χ4n) is 4.51. The summed E-state index contributed by atoms with van der Waals surface area (Å²) in [6.07, 6.45) is 3.49. The van der Waals surface area contributed by atoms with E-state index in [9.17, 15) is 13.6 Å².